The van der Waals surface area contributed by atoms with Gasteiger partial charge in [0.1, 0.15) is 0 Å². The first-order chi connectivity index (χ1) is 10.9. The molecule has 3 fully saturated rings. The van der Waals surface area contributed by atoms with E-state index in [2.05, 4.69) is 0 Å². The van der Waals surface area contributed by atoms with Gasteiger partial charge in [-0.05, 0) is 19.3 Å². The summed E-state index contributed by atoms with van der Waals surface area (Å²) in [4.78, 5) is 0. The Balaban J connectivity index is -0.000000305. The van der Waals surface area contributed by atoms with Gasteiger partial charge in [-0.15, -0.1) is 0 Å². The van der Waals surface area contributed by atoms with Gasteiger partial charge in [-0.25, -0.2) is 38.2 Å². The average molecular weight is 454 g/mol. The summed E-state index contributed by atoms with van der Waals surface area (Å²) in [7, 11) is -3.52. The van der Waals surface area contributed by atoms with Crippen molar-refractivity contribution in [3.05, 3.63) is 0 Å². The highest BCUT2D eigenvalue weighted by atomic mass is 32.2. The second-order valence-electron chi connectivity index (χ2n) is 5.97. The van der Waals surface area contributed by atoms with Gasteiger partial charge >= 0.3 is 0 Å². The minimum atomic E-state index is -2.83. The normalized spacial score (nSPS) is 25.4. The monoisotopic (exact) mass is 453 g/mol. The van der Waals surface area contributed by atoms with Crippen LogP contribution in [0.4, 0.5) is 0 Å². The highest BCUT2D eigenvalue weighted by Crippen LogP contribution is 2.10. The quantitative estimate of drug-likeness (QED) is 0.538. The van der Waals surface area contributed by atoms with Crippen molar-refractivity contribution >= 4 is 30.1 Å². The highest BCUT2D eigenvalue weighted by Gasteiger charge is 2.27. The summed E-state index contributed by atoms with van der Waals surface area (Å²) < 4.78 is 68.0. The molecular weight excluding hydrogens is 414 g/mol. The number of nitrogens with zero attached hydrogens (tertiary/aromatic N) is 3. The van der Waals surface area contributed by atoms with Gasteiger partial charge in [-0.2, -0.15) is 0 Å². The summed E-state index contributed by atoms with van der Waals surface area (Å²) in [5.74, 6) is 1.01. The lowest BCUT2D eigenvalue weighted by Crippen LogP contribution is -2.44. The zero-order chi connectivity index (χ0) is 18.6. The van der Waals surface area contributed by atoms with Gasteiger partial charge in [0.15, 0.2) is 0 Å². The molecule has 0 amide bonds. The largest absolute Gasteiger partial charge is 0.215 e. The Labute approximate surface area is 167 Å². The molecule has 0 saturated carbocycles. The van der Waals surface area contributed by atoms with Crippen LogP contribution in [-0.4, -0.2) is 96.2 Å². The molecule has 0 spiro atoms. The highest BCUT2D eigenvalue weighted by molar-refractivity contribution is 7.90. The topological polar surface area (TPSA) is 112 Å². The minimum Gasteiger partial charge on any atom is -0.212 e. The molecule has 3 rings (SSSR count). The molecule has 0 radical (unpaired) electrons. The molecule has 27 heavy (non-hydrogen) atoms. The molecule has 3 aliphatic rings. The van der Waals surface area contributed by atoms with Gasteiger partial charge < -0.3 is 0 Å². The van der Waals surface area contributed by atoms with Crippen molar-refractivity contribution in [1.82, 2.24) is 12.9 Å². The summed E-state index contributed by atoms with van der Waals surface area (Å²) in [6, 6.07) is 0. The van der Waals surface area contributed by atoms with Crippen LogP contribution in [0.3, 0.4) is 0 Å². The summed E-state index contributed by atoms with van der Waals surface area (Å²) in [5.41, 5.74) is 0. The molecule has 0 N–H and O–H groups in total. The van der Waals surface area contributed by atoms with E-state index < -0.39 is 30.1 Å². The van der Waals surface area contributed by atoms with Crippen molar-refractivity contribution in [3.8, 4) is 0 Å². The third-order valence-corrected chi connectivity index (χ3v) is 9.79. The minimum absolute atomic E-state index is 0. The molecule has 3 saturated heterocycles. The van der Waals surface area contributed by atoms with Crippen LogP contribution in [0.1, 0.15) is 41.5 Å². The van der Waals surface area contributed by atoms with Crippen molar-refractivity contribution < 1.29 is 25.3 Å². The summed E-state index contributed by atoms with van der Waals surface area (Å²) >= 11 is 0. The summed E-state index contributed by atoms with van der Waals surface area (Å²) in [5, 5.41) is 0. The molecule has 9 nitrogen and oxygen atoms in total. The van der Waals surface area contributed by atoms with Gasteiger partial charge in [0.2, 0.25) is 30.1 Å². The van der Waals surface area contributed by atoms with E-state index in [1.807, 2.05) is 0 Å². The lowest BCUT2D eigenvalue weighted by Gasteiger charge is -2.25. The molecule has 168 valence electrons. The number of sulfonamides is 3. The average Bonchev–Trinajstić information content (AvgIpc) is 2.79. The smallest absolute Gasteiger partial charge is 0.212 e. The van der Waals surface area contributed by atoms with Crippen LogP contribution in [0, 0.1) is 0 Å². The van der Waals surface area contributed by atoms with Gasteiger partial charge in [-0.3, -0.25) is 0 Å². The maximum atomic E-state index is 10.9. The van der Waals surface area contributed by atoms with E-state index in [-0.39, 0.29) is 22.3 Å². The molecule has 0 atom stereocenters. The molecular formula is C15H39N3O6S3. The van der Waals surface area contributed by atoms with Gasteiger partial charge in [-0.1, -0.05) is 22.3 Å². The van der Waals surface area contributed by atoms with E-state index in [4.69, 9.17) is 0 Å². The van der Waals surface area contributed by atoms with E-state index in [9.17, 15) is 25.3 Å². The fourth-order valence-electron chi connectivity index (χ4n) is 2.10. The van der Waals surface area contributed by atoms with Crippen LogP contribution in [0.25, 0.3) is 0 Å². The standard InChI is InChI=1S/C5H11NO2S.C4H9NO2S.C3H7NO2S.3CH4/c1-6-4-2-3-5-9(6,7)8;1-5-3-2-4-8(5,6)7;1-4-2-3-7(4,5)6;;;/h2-5H2,1H3;2-4H2,1H3;2-3H2,1H3;3*1H4. The maximum Gasteiger partial charge on any atom is 0.215 e. The molecule has 3 aliphatic heterocycles. The maximum absolute atomic E-state index is 10.9. The first-order valence-corrected chi connectivity index (χ1v) is 12.5. The van der Waals surface area contributed by atoms with E-state index in [0.717, 1.165) is 19.3 Å². The zero-order valence-electron chi connectivity index (χ0n) is 14.4. The predicted molar refractivity (Wildman–Crippen MR) is 113 cm³/mol. The van der Waals surface area contributed by atoms with Crippen molar-refractivity contribution in [2.24, 2.45) is 0 Å². The van der Waals surface area contributed by atoms with Gasteiger partial charge in [0.05, 0.1) is 17.3 Å². The zero-order valence-corrected chi connectivity index (χ0v) is 16.8. The Kier molecular flexibility index (Phi) is 14.3. The van der Waals surface area contributed by atoms with Crippen LogP contribution >= 0.6 is 0 Å². The number of hydrogen-bond donors (Lipinski definition) is 0. The van der Waals surface area contributed by atoms with Crippen molar-refractivity contribution in [2.45, 2.75) is 41.5 Å². The lowest BCUT2D eigenvalue weighted by molar-refractivity contribution is 0.435. The van der Waals surface area contributed by atoms with E-state index >= 15 is 0 Å². The summed E-state index contributed by atoms with van der Waals surface area (Å²) in [6.45, 7) is 2.09. The second-order valence-corrected chi connectivity index (χ2v) is 12.6. The molecule has 12 heteroatoms. The van der Waals surface area contributed by atoms with E-state index in [1.165, 1.54) is 12.9 Å². The molecule has 0 unspecified atom stereocenters. The number of hydrogen-bond acceptors (Lipinski definition) is 6. The van der Waals surface area contributed by atoms with Crippen molar-refractivity contribution in [1.29, 1.82) is 0 Å². The Morgan fingerprint density at radius 2 is 0.815 bits per heavy atom. The molecule has 0 aromatic heterocycles. The molecule has 3 heterocycles. The molecule has 0 aromatic carbocycles. The van der Waals surface area contributed by atoms with Crippen molar-refractivity contribution in [2.75, 3.05) is 58.0 Å². The first kappa shape index (κ1) is 31.4. The van der Waals surface area contributed by atoms with Crippen LogP contribution in [0.5, 0.6) is 0 Å². The first-order valence-electron chi connectivity index (χ1n) is 7.70. The van der Waals surface area contributed by atoms with Crippen LogP contribution < -0.4 is 0 Å². The number of rotatable bonds is 0. The molecule has 0 aliphatic carbocycles. The van der Waals surface area contributed by atoms with Crippen LogP contribution in [0.2, 0.25) is 0 Å². The third kappa shape index (κ3) is 9.66. The van der Waals surface area contributed by atoms with Gasteiger partial charge in [0.25, 0.3) is 0 Å². The summed E-state index contributed by atoms with van der Waals surface area (Å²) in [6.07, 6.45) is 2.63. The fraction of sp³-hybridized carbons (Fsp3) is 1.00. The Morgan fingerprint density at radius 1 is 0.481 bits per heavy atom. The Bertz CT molecular complexity index is 720. The van der Waals surface area contributed by atoms with Crippen molar-refractivity contribution in [3.63, 3.8) is 0 Å². The van der Waals surface area contributed by atoms with E-state index in [0.29, 0.717) is 36.9 Å². The second kappa shape index (κ2) is 12.3. The Hall–Kier alpha value is -0.270. The van der Waals surface area contributed by atoms with Crippen LogP contribution in [-0.2, 0) is 30.1 Å². The van der Waals surface area contributed by atoms with Gasteiger partial charge in [0, 0.05) is 40.8 Å². The molecule has 0 bridgehead atoms. The third-order valence-electron chi connectivity index (χ3n) is 4.09. The van der Waals surface area contributed by atoms with E-state index in [1.54, 1.807) is 21.1 Å². The molecule has 0 aromatic rings. The fourth-order valence-corrected chi connectivity index (χ4v) is 5.45. The SMILES string of the molecule is C.C.C.CN1CCCCS1(=O)=O.CN1CCCS1(=O)=O.CN1CCS1(=O)=O. The Morgan fingerprint density at radius 3 is 0.926 bits per heavy atom. The van der Waals surface area contributed by atoms with Crippen LogP contribution in [0.15, 0.2) is 0 Å². The predicted octanol–water partition coefficient (Wildman–Crippen LogP) is 0.863. The lowest BCUT2D eigenvalue weighted by atomic mass is 10.3.